The summed E-state index contributed by atoms with van der Waals surface area (Å²) in [5, 5.41) is 6.42. The minimum atomic E-state index is -0.384. The third-order valence-corrected chi connectivity index (χ3v) is 4.19. The molecule has 6 heteroatoms. The van der Waals surface area contributed by atoms with Gasteiger partial charge in [0.1, 0.15) is 5.82 Å². The number of benzene rings is 2. The molecule has 2 N–H and O–H groups in total. The molecule has 0 saturated carbocycles. The van der Waals surface area contributed by atoms with E-state index in [1.54, 1.807) is 37.4 Å². The van der Waals surface area contributed by atoms with Gasteiger partial charge in [0, 0.05) is 11.9 Å². The quantitative estimate of drug-likeness (QED) is 0.616. The van der Waals surface area contributed by atoms with Crippen LogP contribution in [0.25, 0.3) is 0 Å². The predicted molar refractivity (Wildman–Crippen MR) is 107 cm³/mol. The summed E-state index contributed by atoms with van der Waals surface area (Å²) in [7, 11) is 0. The first-order chi connectivity index (χ1) is 13.1. The zero-order valence-corrected chi connectivity index (χ0v) is 15.6. The Balaban J connectivity index is 1.83. The standard InChI is InChI=1S/C21H22N4O2/c1-4-27-20(26)16-9-5-6-10-18(16)24-21-22-13-12-19(25-21)23-17-11-7-8-14(2)15(17)3/h5-13H,4H2,1-3H3,(H2,22,23,24,25). The van der Waals surface area contributed by atoms with E-state index in [1.807, 2.05) is 18.2 Å². The predicted octanol–water partition coefficient (Wildman–Crippen LogP) is 4.76. The van der Waals surface area contributed by atoms with Gasteiger partial charge < -0.3 is 15.4 Å². The largest absolute Gasteiger partial charge is 0.462 e. The number of nitrogens with zero attached hydrogens (tertiary/aromatic N) is 2. The second kappa shape index (κ2) is 8.31. The molecule has 2 aromatic carbocycles. The molecular weight excluding hydrogens is 340 g/mol. The molecule has 27 heavy (non-hydrogen) atoms. The van der Waals surface area contributed by atoms with Gasteiger partial charge in [0.25, 0.3) is 0 Å². The normalized spacial score (nSPS) is 10.3. The van der Waals surface area contributed by atoms with E-state index >= 15 is 0 Å². The topological polar surface area (TPSA) is 76.1 Å². The lowest BCUT2D eigenvalue weighted by Crippen LogP contribution is -2.09. The summed E-state index contributed by atoms with van der Waals surface area (Å²) >= 11 is 0. The van der Waals surface area contributed by atoms with Crippen LogP contribution in [0, 0.1) is 13.8 Å². The van der Waals surface area contributed by atoms with Crippen molar-refractivity contribution in [2.24, 2.45) is 0 Å². The number of rotatable bonds is 6. The highest BCUT2D eigenvalue weighted by atomic mass is 16.5. The van der Waals surface area contributed by atoms with E-state index in [-0.39, 0.29) is 5.97 Å². The highest BCUT2D eigenvalue weighted by Crippen LogP contribution is 2.23. The lowest BCUT2D eigenvalue weighted by Gasteiger charge is -2.13. The Morgan fingerprint density at radius 1 is 1.00 bits per heavy atom. The second-order valence-corrected chi connectivity index (χ2v) is 6.03. The molecule has 3 aromatic rings. The first kappa shape index (κ1) is 18.4. The maximum Gasteiger partial charge on any atom is 0.340 e. The van der Waals surface area contributed by atoms with Crippen LogP contribution in [0.1, 0.15) is 28.4 Å². The average Bonchev–Trinajstić information content (AvgIpc) is 2.66. The van der Waals surface area contributed by atoms with Gasteiger partial charge in [-0.2, -0.15) is 4.98 Å². The van der Waals surface area contributed by atoms with E-state index in [1.165, 1.54) is 11.1 Å². The Morgan fingerprint density at radius 2 is 1.78 bits per heavy atom. The van der Waals surface area contributed by atoms with E-state index in [4.69, 9.17) is 4.74 Å². The van der Waals surface area contributed by atoms with Crippen molar-refractivity contribution >= 4 is 29.1 Å². The van der Waals surface area contributed by atoms with Crippen molar-refractivity contribution in [3.8, 4) is 0 Å². The number of carbonyl (C=O) groups is 1. The van der Waals surface area contributed by atoms with E-state index in [2.05, 4.69) is 40.5 Å². The van der Waals surface area contributed by atoms with Crippen LogP contribution >= 0.6 is 0 Å². The number of carbonyl (C=O) groups excluding carboxylic acids is 1. The first-order valence-corrected chi connectivity index (χ1v) is 8.78. The minimum Gasteiger partial charge on any atom is -0.462 e. The summed E-state index contributed by atoms with van der Waals surface area (Å²) < 4.78 is 5.10. The Labute approximate surface area is 158 Å². The van der Waals surface area contributed by atoms with Crippen molar-refractivity contribution in [2.45, 2.75) is 20.8 Å². The molecule has 0 atom stereocenters. The monoisotopic (exact) mass is 362 g/mol. The molecular formula is C21H22N4O2. The van der Waals surface area contributed by atoms with Crippen molar-refractivity contribution in [2.75, 3.05) is 17.2 Å². The SMILES string of the molecule is CCOC(=O)c1ccccc1Nc1nccc(Nc2cccc(C)c2C)n1. The molecule has 0 aliphatic heterocycles. The molecule has 0 saturated heterocycles. The number of hydrogen-bond donors (Lipinski definition) is 2. The number of anilines is 4. The van der Waals surface area contributed by atoms with Crippen LogP contribution in [0.3, 0.4) is 0 Å². The maximum absolute atomic E-state index is 12.1. The number of ether oxygens (including phenoxy) is 1. The van der Waals surface area contributed by atoms with Gasteiger partial charge in [0.15, 0.2) is 0 Å². The molecule has 6 nitrogen and oxygen atoms in total. The summed E-state index contributed by atoms with van der Waals surface area (Å²) in [5.74, 6) is 0.669. The van der Waals surface area contributed by atoms with Gasteiger partial charge in [-0.05, 0) is 56.2 Å². The van der Waals surface area contributed by atoms with Crippen molar-refractivity contribution in [3.05, 3.63) is 71.4 Å². The van der Waals surface area contributed by atoms with E-state index < -0.39 is 0 Å². The van der Waals surface area contributed by atoms with Crippen molar-refractivity contribution in [3.63, 3.8) is 0 Å². The zero-order valence-electron chi connectivity index (χ0n) is 15.6. The third kappa shape index (κ3) is 4.41. The Bertz CT molecular complexity index is 956. The molecule has 3 rings (SSSR count). The highest BCUT2D eigenvalue weighted by Gasteiger charge is 2.13. The lowest BCUT2D eigenvalue weighted by atomic mass is 10.1. The summed E-state index contributed by atoms with van der Waals surface area (Å²) in [6, 6.07) is 15.0. The molecule has 0 aliphatic carbocycles. The minimum absolute atomic E-state index is 0.318. The van der Waals surface area contributed by atoms with E-state index in [0.717, 1.165) is 5.69 Å². The third-order valence-electron chi connectivity index (χ3n) is 4.19. The molecule has 0 unspecified atom stereocenters. The number of hydrogen-bond acceptors (Lipinski definition) is 6. The maximum atomic E-state index is 12.1. The summed E-state index contributed by atoms with van der Waals surface area (Å²) in [6.07, 6.45) is 1.66. The smallest absolute Gasteiger partial charge is 0.340 e. The number of aryl methyl sites for hydroxylation is 1. The summed E-state index contributed by atoms with van der Waals surface area (Å²) in [5.41, 5.74) is 4.40. The molecule has 0 radical (unpaired) electrons. The number of para-hydroxylation sites is 1. The van der Waals surface area contributed by atoms with Crippen LogP contribution in [0.4, 0.5) is 23.1 Å². The molecule has 0 fully saturated rings. The van der Waals surface area contributed by atoms with Crippen LogP contribution in [0.2, 0.25) is 0 Å². The molecule has 0 aliphatic rings. The summed E-state index contributed by atoms with van der Waals surface area (Å²) in [4.78, 5) is 20.9. The van der Waals surface area contributed by atoms with Gasteiger partial charge in [0.2, 0.25) is 5.95 Å². The number of esters is 1. The van der Waals surface area contributed by atoms with Crippen molar-refractivity contribution < 1.29 is 9.53 Å². The van der Waals surface area contributed by atoms with Gasteiger partial charge in [-0.1, -0.05) is 24.3 Å². The fourth-order valence-corrected chi connectivity index (χ4v) is 2.61. The van der Waals surface area contributed by atoms with Gasteiger partial charge in [-0.3, -0.25) is 0 Å². The number of aromatic nitrogens is 2. The van der Waals surface area contributed by atoms with Crippen molar-refractivity contribution in [1.82, 2.24) is 9.97 Å². The van der Waals surface area contributed by atoms with E-state index in [9.17, 15) is 4.79 Å². The van der Waals surface area contributed by atoms with Crippen LogP contribution in [0.5, 0.6) is 0 Å². The molecule has 1 heterocycles. The fourth-order valence-electron chi connectivity index (χ4n) is 2.61. The van der Waals surface area contributed by atoms with Gasteiger partial charge in [-0.25, -0.2) is 9.78 Å². The molecule has 0 spiro atoms. The Hall–Kier alpha value is -3.41. The molecule has 0 amide bonds. The zero-order chi connectivity index (χ0) is 19.2. The van der Waals surface area contributed by atoms with Gasteiger partial charge in [-0.15, -0.1) is 0 Å². The average molecular weight is 362 g/mol. The van der Waals surface area contributed by atoms with Crippen LogP contribution < -0.4 is 10.6 Å². The van der Waals surface area contributed by atoms with Gasteiger partial charge >= 0.3 is 5.97 Å². The fraction of sp³-hybridized carbons (Fsp3) is 0.190. The Kier molecular flexibility index (Phi) is 5.66. The highest BCUT2D eigenvalue weighted by molar-refractivity contribution is 5.96. The van der Waals surface area contributed by atoms with E-state index in [0.29, 0.717) is 29.6 Å². The second-order valence-electron chi connectivity index (χ2n) is 6.03. The molecule has 1 aromatic heterocycles. The first-order valence-electron chi connectivity index (χ1n) is 8.78. The lowest BCUT2D eigenvalue weighted by molar-refractivity contribution is 0.0527. The van der Waals surface area contributed by atoms with Crippen LogP contribution in [-0.2, 0) is 4.74 Å². The summed E-state index contributed by atoms with van der Waals surface area (Å²) in [6.45, 7) is 6.23. The van der Waals surface area contributed by atoms with Crippen LogP contribution in [-0.4, -0.2) is 22.5 Å². The molecule has 138 valence electrons. The van der Waals surface area contributed by atoms with Crippen molar-refractivity contribution in [1.29, 1.82) is 0 Å². The molecule has 0 bridgehead atoms. The Morgan fingerprint density at radius 3 is 2.59 bits per heavy atom. The number of nitrogens with one attached hydrogen (secondary N) is 2. The van der Waals surface area contributed by atoms with Crippen LogP contribution in [0.15, 0.2) is 54.7 Å². The van der Waals surface area contributed by atoms with Gasteiger partial charge in [0.05, 0.1) is 17.9 Å².